The van der Waals surface area contributed by atoms with Gasteiger partial charge in [0.25, 0.3) is 6.43 Å². The van der Waals surface area contributed by atoms with E-state index in [0.29, 0.717) is 0 Å². The van der Waals surface area contributed by atoms with Gasteiger partial charge in [-0.2, -0.15) is 0 Å². The van der Waals surface area contributed by atoms with E-state index in [0.717, 1.165) is 6.07 Å². The Hall–Kier alpha value is -0.940. The van der Waals surface area contributed by atoms with Crippen LogP contribution < -0.4 is 5.73 Å². The minimum atomic E-state index is -2.72. The molecule has 0 bridgehead atoms. The second-order valence-corrected chi connectivity index (χ2v) is 2.76. The zero-order valence-electron chi connectivity index (χ0n) is 6.47. The van der Waals surface area contributed by atoms with E-state index < -0.39 is 13.0 Å². The van der Waals surface area contributed by atoms with Crippen molar-refractivity contribution in [2.75, 3.05) is 5.73 Å². The number of aromatic nitrogens is 1. The van der Waals surface area contributed by atoms with Gasteiger partial charge in [-0.05, 0) is 6.07 Å². The molecule has 0 aliphatic carbocycles. The minimum Gasteiger partial charge on any atom is -0.390 e. The van der Waals surface area contributed by atoms with E-state index in [1.54, 1.807) is 0 Å². The van der Waals surface area contributed by atoms with Crippen molar-refractivity contribution in [2.45, 2.75) is 13.0 Å². The van der Waals surface area contributed by atoms with Crippen molar-refractivity contribution < 1.29 is 13.9 Å². The number of aliphatic hydroxyl groups is 1. The lowest BCUT2D eigenvalue weighted by Crippen LogP contribution is -2.02. The van der Waals surface area contributed by atoms with Crippen LogP contribution in [0, 0.1) is 0 Å². The molecule has 1 heterocycles. The SMILES string of the molecule is Nc1nc(CO)c(C(F)F)cc1Cl. The molecule has 0 spiro atoms. The van der Waals surface area contributed by atoms with E-state index in [1.807, 2.05) is 0 Å². The number of hydrogen-bond acceptors (Lipinski definition) is 3. The highest BCUT2D eigenvalue weighted by Crippen LogP contribution is 2.27. The summed E-state index contributed by atoms with van der Waals surface area (Å²) < 4.78 is 24.6. The van der Waals surface area contributed by atoms with Crippen molar-refractivity contribution in [1.29, 1.82) is 0 Å². The highest BCUT2D eigenvalue weighted by atomic mass is 35.5. The van der Waals surface area contributed by atoms with Crippen LogP contribution in [-0.4, -0.2) is 10.1 Å². The summed E-state index contributed by atoms with van der Waals surface area (Å²) in [6, 6.07) is 1.01. The van der Waals surface area contributed by atoms with Crippen LogP contribution in [0.4, 0.5) is 14.6 Å². The number of halogens is 3. The third-order valence-electron chi connectivity index (χ3n) is 1.50. The minimum absolute atomic E-state index is 0.0347. The van der Waals surface area contributed by atoms with Gasteiger partial charge >= 0.3 is 0 Å². The standard InChI is InChI=1S/C7H7ClF2N2O/c8-4-1-3(6(9)10)5(2-13)12-7(4)11/h1,6,13H,2H2,(H2,11,12). The van der Waals surface area contributed by atoms with E-state index >= 15 is 0 Å². The molecule has 72 valence electrons. The summed E-state index contributed by atoms with van der Waals surface area (Å²) >= 11 is 5.48. The average molecular weight is 209 g/mol. The van der Waals surface area contributed by atoms with Crippen LogP contribution in [0.1, 0.15) is 17.7 Å². The molecule has 13 heavy (non-hydrogen) atoms. The molecule has 0 amide bonds. The van der Waals surface area contributed by atoms with Crippen LogP contribution >= 0.6 is 11.6 Å². The van der Waals surface area contributed by atoms with Gasteiger partial charge in [0.15, 0.2) is 0 Å². The number of rotatable bonds is 2. The molecule has 3 nitrogen and oxygen atoms in total. The Balaban J connectivity index is 3.25. The molecule has 6 heteroatoms. The van der Waals surface area contributed by atoms with Gasteiger partial charge in [0.2, 0.25) is 0 Å². The average Bonchev–Trinajstić information content (AvgIpc) is 2.08. The van der Waals surface area contributed by atoms with E-state index in [-0.39, 0.29) is 22.1 Å². The van der Waals surface area contributed by atoms with Crippen molar-refractivity contribution >= 4 is 17.4 Å². The Labute approximate surface area is 78.1 Å². The maximum absolute atomic E-state index is 12.3. The van der Waals surface area contributed by atoms with Gasteiger partial charge in [0.1, 0.15) is 5.82 Å². The number of anilines is 1. The van der Waals surface area contributed by atoms with Crippen molar-refractivity contribution in [2.24, 2.45) is 0 Å². The van der Waals surface area contributed by atoms with Crippen molar-refractivity contribution in [1.82, 2.24) is 4.98 Å². The fourth-order valence-corrected chi connectivity index (χ4v) is 1.03. The van der Waals surface area contributed by atoms with Crippen LogP contribution in [0.3, 0.4) is 0 Å². The Kier molecular flexibility index (Phi) is 3.00. The summed E-state index contributed by atoms with van der Waals surface area (Å²) in [7, 11) is 0. The highest BCUT2D eigenvalue weighted by molar-refractivity contribution is 6.32. The van der Waals surface area contributed by atoms with Crippen LogP contribution in [0.25, 0.3) is 0 Å². The van der Waals surface area contributed by atoms with Gasteiger partial charge in [-0.25, -0.2) is 13.8 Å². The molecule has 0 aliphatic rings. The molecule has 0 atom stereocenters. The molecular weight excluding hydrogens is 202 g/mol. The number of alkyl halides is 2. The molecule has 1 rings (SSSR count). The molecule has 0 saturated heterocycles. The number of pyridine rings is 1. The maximum atomic E-state index is 12.3. The first kappa shape index (κ1) is 10.1. The van der Waals surface area contributed by atoms with E-state index in [4.69, 9.17) is 22.4 Å². The van der Waals surface area contributed by atoms with Crippen LogP contribution in [0.2, 0.25) is 5.02 Å². The molecular formula is C7H7ClF2N2O. The van der Waals surface area contributed by atoms with Gasteiger partial charge in [0, 0.05) is 5.56 Å². The summed E-state index contributed by atoms with van der Waals surface area (Å²) in [6.45, 7) is -0.582. The van der Waals surface area contributed by atoms with E-state index in [2.05, 4.69) is 4.98 Å². The van der Waals surface area contributed by atoms with Crippen molar-refractivity contribution in [3.8, 4) is 0 Å². The zero-order chi connectivity index (χ0) is 10.0. The molecule has 0 saturated carbocycles. The molecule has 0 radical (unpaired) electrons. The van der Waals surface area contributed by atoms with Gasteiger partial charge in [-0.15, -0.1) is 0 Å². The van der Waals surface area contributed by atoms with Gasteiger partial charge < -0.3 is 10.8 Å². The van der Waals surface area contributed by atoms with Gasteiger partial charge in [0.05, 0.1) is 17.3 Å². The van der Waals surface area contributed by atoms with Gasteiger partial charge in [-0.3, -0.25) is 0 Å². The Bertz CT molecular complexity index is 320. The first-order chi connectivity index (χ1) is 6.06. The molecule has 1 aromatic heterocycles. The first-order valence-corrected chi connectivity index (χ1v) is 3.78. The van der Waals surface area contributed by atoms with Gasteiger partial charge in [-0.1, -0.05) is 11.6 Å². The smallest absolute Gasteiger partial charge is 0.265 e. The van der Waals surface area contributed by atoms with E-state index in [9.17, 15) is 8.78 Å². The number of nitrogens with two attached hydrogens (primary N) is 1. The number of nitrogen functional groups attached to an aromatic ring is 1. The second kappa shape index (κ2) is 3.85. The molecule has 0 aliphatic heterocycles. The number of nitrogens with zero attached hydrogens (tertiary/aromatic N) is 1. The van der Waals surface area contributed by atoms with Crippen LogP contribution in [-0.2, 0) is 6.61 Å². The van der Waals surface area contributed by atoms with Crippen LogP contribution in [0.5, 0.6) is 0 Å². The summed E-state index contributed by atoms with van der Waals surface area (Å²) in [4.78, 5) is 3.53. The normalized spacial score (nSPS) is 10.8. The molecule has 3 N–H and O–H groups in total. The van der Waals surface area contributed by atoms with Crippen molar-refractivity contribution in [3.05, 3.63) is 22.3 Å². The maximum Gasteiger partial charge on any atom is 0.265 e. The first-order valence-electron chi connectivity index (χ1n) is 3.40. The topological polar surface area (TPSA) is 59.1 Å². The summed E-state index contributed by atoms with van der Waals surface area (Å²) in [5.74, 6) is -0.0601. The van der Waals surface area contributed by atoms with E-state index in [1.165, 1.54) is 0 Å². The third kappa shape index (κ3) is 2.05. The lowest BCUT2D eigenvalue weighted by molar-refractivity contribution is 0.146. The Morgan fingerprint density at radius 3 is 2.69 bits per heavy atom. The molecule has 1 aromatic rings. The fourth-order valence-electron chi connectivity index (χ4n) is 0.873. The summed E-state index contributed by atoms with van der Waals surface area (Å²) in [6.07, 6.45) is -2.72. The molecule has 0 aromatic carbocycles. The monoisotopic (exact) mass is 208 g/mol. The predicted molar refractivity (Wildman–Crippen MR) is 44.5 cm³/mol. The Morgan fingerprint density at radius 2 is 2.23 bits per heavy atom. The quantitative estimate of drug-likeness (QED) is 0.779. The van der Waals surface area contributed by atoms with Crippen LogP contribution in [0.15, 0.2) is 6.07 Å². The fraction of sp³-hybridized carbons (Fsp3) is 0.286. The molecule has 0 unspecified atom stereocenters. The number of aliphatic hydroxyl groups excluding tert-OH is 1. The predicted octanol–water partition coefficient (Wildman–Crippen LogP) is 1.75. The largest absolute Gasteiger partial charge is 0.390 e. The van der Waals surface area contributed by atoms with Crippen molar-refractivity contribution in [3.63, 3.8) is 0 Å². The molecule has 0 fully saturated rings. The second-order valence-electron chi connectivity index (χ2n) is 2.35. The summed E-state index contributed by atoms with van der Waals surface area (Å²) in [5.41, 5.74) is 4.74. The lowest BCUT2D eigenvalue weighted by Gasteiger charge is -2.07. The number of hydrogen-bond donors (Lipinski definition) is 2. The Morgan fingerprint density at radius 1 is 1.62 bits per heavy atom. The lowest BCUT2D eigenvalue weighted by atomic mass is 10.2. The third-order valence-corrected chi connectivity index (χ3v) is 1.80. The highest BCUT2D eigenvalue weighted by Gasteiger charge is 2.15. The summed E-state index contributed by atoms with van der Waals surface area (Å²) in [5, 5.41) is 8.65. The zero-order valence-corrected chi connectivity index (χ0v) is 7.22.